The van der Waals surface area contributed by atoms with Gasteiger partial charge in [0.2, 0.25) is 5.91 Å². The van der Waals surface area contributed by atoms with Gasteiger partial charge in [-0.15, -0.1) is 0 Å². The van der Waals surface area contributed by atoms with Gasteiger partial charge in [-0.1, -0.05) is 44.2 Å². The number of carbonyl (C=O) groups excluding carboxylic acids is 1. The molecule has 6 heteroatoms. The van der Waals surface area contributed by atoms with Gasteiger partial charge in [0, 0.05) is 30.3 Å². The van der Waals surface area contributed by atoms with E-state index in [1.54, 1.807) is 12.1 Å². The first-order valence-electron chi connectivity index (χ1n) is 9.68. The molecule has 0 aromatic heterocycles. The molecule has 0 spiro atoms. The Morgan fingerprint density at radius 1 is 1.11 bits per heavy atom. The van der Waals surface area contributed by atoms with Crippen molar-refractivity contribution in [3.63, 3.8) is 0 Å². The molecule has 0 fully saturated rings. The smallest absolute Gasteiger partial charge is 0.227 e. The van der Waals surface area contributed by atoms with Crippen LogP contribution in [-0.4, -0.2) is 18.4 Å². The zero-order valence-corrected chi connectivity index (χ0v) is 16.8. The maximum atomic E-state index is 13.8. The average Bonchev–Trinajstić information content (AvgIpc) is 2.70. The van der Waals surface area contributed by atoms with Crippen molar-refractivity contribution in [2.24, 2.45) is 10.9 Å². The van der Waals surface area contributed by atoms with E-state index in [0.29, 0.717) is 31.2 Å². The lowest BCUT2D eigenvalue weighted by Crippen LogP contribution is -2.37. The molecular weight excluding hydrogens is 355 g/mol. The molecule has 150 valence electrons. The highest BCUT2D eigenvalue weighted by Gasteiger charge is 2.10. The number of nitrogens with zero attached hydrogens (tertiary/aromatic N) is 1. The number of anilines is 1. The molecule has 0 aliphatic rings. The molecule has 28 heavy (non-hydrogen) atoms. The van der Waals surface area contributed by atoms with E-state index in [1.165, 1.54) is 6.07 Å². The Kier molecular flexibility index (Phi) is 8.46. The van der Waals surface area contributed by atoms with E-state index in [9.17, 15) is 9.18 Å². The predicted octanol–water partition coefficient (Wildman–Crippen LogP) is 4.07. The summed E-state index contributed by atoms with van der Waals surface area (Å²) in [6, 6.07) is 14.3. The van der Waals surface area contributed by atoms with Crippen LogP contribution in [0.3, 0.4) is 0 Å². The number of carbonyl (C=O) groups is 1. The molecule has 0 aliphatic carbocycles. The highest BCUT2D eigenvalue weighted by molar-refractivity contribution is 5.92. The van der Waals surface area contributed by atoms with Gasteiger partial charge in [-0.3, -0.25) is 4.79 Å². The highest BCUT2D eigenvalue weighted by Crippen LogP contribution is 2.14. The van der Waals surface area contributed by atoms with E-state index in [1.807, 2.05) is 51.1 Å². The van der Waals surface area contributed by atoms with Crippen molar-refractivity contribution in [2.45, 2.75) is 40.3 Å². The lowest BCUT2D eigenvalue weighted by atomic mass is 10.1. The summed E-state index contributed by atoms with van der Waals surface area (Å²) in [5.41, 5.74) is 2.33. The van der Waals surface area contributed by atoms with Crippen LogP contribution < -0.4 is 16.0 Å². The molecular formula is C22H29FN4O. The molecule has 0 saturated carbocycles. The molecule has 2 aromatic rings. The molecule has 5 nitrogen and oxygen atoms in total. The summed E-state index contributed by atoms with van der Waals surface area (Å²) in [6.07, 6.45) is 0.801. The van der Waals surface area contributed by atoms with Gasteiger partial charge < -0.3 is 16.0 Å². The Morgan fingerprint density at radius 2 is 1.89 bits per heavy atom. The number of benzene rings is 2. The van der Waals surface area contributed by atoms with E-state index in [2.05, 4.69) is 20.9 Å². The minimum absolute atomic E-state index is 0.0167. The number of halogens is 1. The molecule has 0 bridgehead atoms. The van der Waals surface area contributed by atoms with Gasteiger partial charge in [-0.25, -0.2) is 9.38 Å². The molecule has 0 aliphatic heterocycles. The van der Waals surface area contributed by atoms with Crippen LogP contribution in [-0.2, 0) is 17.9 Å². The Balaban J connectivity index is 2.01. The highest BCUT2D eigenvalue weighted by atomic mass is 19.1. The third-order valence-corrected chi connectivity index (χ3v) is 4.42. The van der Waals surface area contributed by atoms with E-state index in [4.69, 9.17) is 0 Å². The molecule has 1 atom stereocenters. The van der Waals surface area contributed by atoms with E-state index in [-0.39, 0.29) is 17.6 Å². The first-order valence-corrected chi connectivity index (χ1v) is 9.68. The van der Waals surface area contributed by atoms with Crippen LogP contribution in [0.25, 0.3) is 0 Å². The Labute approximate surface area is 166 Å². The largest absolute Gasteiger partial charge is 0.357 e. The fourth-order valence-corrected chi connectivity index (χ4v) is 2.53. The van der Waals surface area contributed by atoms with Gasteiger partial charge in [0.05, 0.1) is 6.54 Å². The van der Waals surface area contributed by atoms with Gasteiger partial charge in [0.25, 0.3) is 0 Å². The first kappa shape index (κ1) is 21.4. The second kappa shape index (κ2) is 11.1. The summed E-state index contributed by atoms with van der Waals surface area (Å²) in [6.45, 7) is 7.38. The maximum Gasteiger partial charge on any atom is 0.227 e. The number of aliphatic imine (C=N–C) groups is 1. The summed E-state index contributed by atoms with van der Waals surface area (Å²) in [5, 5.41) is 9.24. The third-order valence-electron chi connectivity index (χ3n) is 4.42. The molecule has 3 N–H and O–H groups in total. The third kappa shape index (κ3) is 6.68. The van der Waals surface area contributed by atoms with Crippen molar-refractivity contribution in [3.8, 4) is 0 Å². The zero-order valence-electron chi connectivity index (χ0n) is 16.8. The van der Waals surface area contributed by atoms with Gasteiger partial charge >= 0.3 is 0 Å². The standard InChI is InChI=1S/C22H29FN4O/c1-4-16(3)21(28)27-19-11-8-9-17(13-19)14-25-22(24-5-2)26-15-18-10-6-7-12-20(18)23/h6-13,16H,4-5,14-15H2,1-3H3,(H,27,28)(H2,24,25,26). The molecule has 0 saturated heterocycles. The molecule has 1 unspecified atom stereocenters. The van der Waals surface area contributed by atoms with Gasteiger partial charge in [-0.2, -0.15) is 0 Å². The summed E-state index contributed by atoms with van der Waals surface area (Å²) < 4.78 is 13.8. The second-order valence-corrected chi connectivity index (χ2v) is 6.64. The van der Waals surface area contributed by atoms with Crippen LogP contribution in [0.4, 0.5) is 10.1 Å². The monoisotopic (exact) mass is 384 g/mol. The number of guanidine groups is 1. The molecule has 2 aromatic carbocycles. The fourth-order valence-electron chi connectivity index (χ4n) is 2.53. The summed E-state index contributed by atoms with van der Waals surface area (Å²) >= 11 is 0. The summed E-state index contributed by atoms with van der Waals surface area (Å²) in [5.74, 6) is 0.364. The number of hydrogen-bond acceptors (Lipinski definition) is 2. The van der Waals surface area contributed by atoms with Crippen LogP contribution in [0.5, 0.6) is 0 Å². The molecule has 0 radical (unpaired) electrons. The number of nitrogens with one attached hydrogen (secondary N) is 3. The SMILES string of the molecule is CCNC(=NCc1cccc(NC(=O)C(C)CC)c1)NCc1ccccc1F. The van der Waals surface area contributed by atoms with Gasteiger partial charge in [0.1, 0.15) is 5.82 Å². The predicted molar refractivity (Wildman–Crippen MR) is 113 cm³/mol. The van der Waals surface area contributed by atoms with Crippen molar-refractivity contribution < 1.29 is 9.18 Å². The number of rotatable bonds is 8. The van der Waals surface area contributed by atoms with Crippen LogP contribution in [0.1, 0.15) is 38.3 Å². The van der Waals surface area contributed by atoms with Crippen molar-refractivity contribution in [3.05, 3.63) is 65.5 Å². The summed E-state index contributed by atoms with van der Waals surface area (Å²) in [7, 11) is 0. The Hall–Kier alpha value is -2.89. The van der Waals surface area contributed by atoms with Gasteiger partial charge in [-0.05, 0) is 37.1 Å². The van der Waals surface area contributed by atoms with Crippen LogP contribution in [0, 0.1) is 11.7 Å². The quantitative estimate of drug-likeness (QED) is 0.475. The maximum absolute atomic E-state index is 13.8. The van der Waals surface area contributed by atoms with Crippen molar-refractivity contribution in [2.75, 3.05) is 11.9 Å². The molecule has 1 amide bonds. The average molecular weight is 384 g/mol. The topological polar surface area (TPSA) is 65.5 Å². The lowest BCUT2D eigenvalue weighted by molar-refractivity contribution is -0.119. The van der Waals surface area contributed by atoms with Crippen molar-refractivity contribution in [1.82, 2.24) is 10.6 Å². The number of hydrogen-bond donors (Lipinski definition) is 3. The van der Waals surface area contributed by atoms with Crippen LogP contribution in [0.15, 0.2) is 53.5 Å². The van der Waals surface area contributed by atoms with E-state index >= 15 is 0 Å². The van der Waals surface area contributed by atoms with Crippen LogP contribution >= 0.6 is 0 Å². The Morgan fingerprint density at radius 3 is 2.61 bits per heavy atom. The van der Waals surface area contributed by atoms with Crippen molar-refractivity contribution >= 4 is 17.6 Å². The normalized spacial score (nSPS) is 12.4. The van der Waals surface area contributed by atoms with Gasteiger partial charge in [0.15, 0.2) is 5.96 Å². The summed E-state index contributed by atoms with van der Waals surface area (Å²) in [4.78, 5) is 16.6. The molecule has 2 rings (SSSR count). The van der Waals surface area contributed by atoms with Crippen LogP contribution in [0.2, 0.25) is 0 Å². The minimum Gasteiger partial charge on any atom is -0.357 e. The zero-order chi connectivity index (χ0) is 20.4. The number of amides is 1. The fraction of sp³-hybridized carbons (Fsp3) is 0.364. The molecule has 0 heterocycles. The second-order valence-electron chi connectivity index (χ2n) is 6.64. The minimum atomic E-state index is -0.240. The van der Waals surface area contributed by atoms with Crippen molar-refractivity contribution in [1.29, 1.82) is 0 Å². The van der Waals surface area contributed by atoms with E-state index in [0.717, 1.165) is 17.7 Å². The van der Waals surface area contributed by atoms with E-state index < -0.39 is 0 Å². The first-order chi connectivity index (χ1) is 13.5. The lowest BCUT2D eigenvalue weighted by Gasteiger charge is -2.13. The Bertz CT molecular complexity index is 807.